The number of nitrogens with zero attached hydrogens (tertiary/aromatic N) is 2. The Morgan fingerprint density at radius 1 is 1.14 bits per heavy atom. The zero-order valence-corrected chi connectivity index (χ0v) is 15.0. The Morgan fingerprint density at radius 2 is 1.73 bits per heavy atom. The minimum absolute atomic E-state index is 0.0452. The molecule has 22 heavy (non-hydrogen) atoms. The second-order valence-electron chi connectivity index (χ2n) is 6.36. The Bertz CT molecular complexity index is 633. The van der Waals surface area contributed by atoms with Gasteiger partial charge in [-0.05, 0) is 39.0 Å². The van der Waals surface area contributed by atoms with Crippen LogP contribution in [0.2, 0.25) is 5.02 Å². The molecular formula is C15H23ClN2O3S. The van der Waals surface area contributed by atoms with E-state index < -0.39 is 10.0 Å². The van der Waals surface area contributed by atoms with E-state index in [1.807, 2.05) is 0 Å². The Kier molecular flexibility index (Phi) is 5.06. The monoisotopic (exact) mass is 346 g/mol. The summed E-state index contributed by atoms with van der Waals surface area (Å²) in [7, 11) is -2.14. The largest absolute Gasteiger partial charge is 0.495 e. The molecule has 0 aromatic heterocycles. The molecule has 7 heteroatoms. The molecular weight excluding hydrogens is 324 g/mol. The molecule has 0 spiro atoms. The van der Waals surface area contributed by atoms with E-state index in [2.05, 4.69) is 25.7 Å². The summed E-state index contributed by atoms with van der Waals surface area (Å²) in [6, 6.07) is 4.66. The molecule has 1 aliphatic heterocycles. The molecule has 0 aliphatic carbocycles. The Labute approximate surface area is 137 Å². The fourth-order valence-electron chi connectivity index (χ4n) is 2.59. The molecule has 1 heterocycles. The van der Waals surface area contributed by atoms with Crippen LogP contribution in [0.25, 0.3) is 0 Å². The van der Waals surface area contributed by atoms with Crippen LogP contribution in [0.5, 0.6) is 5.75 Å². The number of benzene rings is 1. The SMILES string of the molecule is COc1ccc(Cl)cc1S(=O)(=O)N1CCN(C(C)(C)C)CC1. The highest BCUT2D eigenvalue weighted by Gasteiger charge is 2.33. The van der Waals surface area contributed by atoms with Crippen molar-refractivity contribution in [1.29, 1.82) is 0 Å². The first kappa shape index (κ1) is 17.5. The highest BCUT2D eigenvalue weighted by Crippen LogP contribution is 2.30. The summed E-state index contributed by atoms with van der Waals surface area (Å²) in [5, 5.41) is 0.382. The van der Waals surface area contributed by atoms with Gasteiger partial charge in [-0.1, -0.05) is 11.6 Å². The number of sulfonamides is 1. The summed E-state index contributed by atoms with van der Waals surface area (Å²) in [6.45, 7) is 8.77. The maximum atomic E-state index is 12.8. The topological polar surface area (TPSA) is 49.9 Å². The normalized spacial score (nSPS) is 18.4. The summed E-state index contributed by atoms with van der Waals surface area (Å²) in [4.78, 5) is 2.42. The summed E-state index contributed by atoms with van der Waals surface area (Å²) in [5.74, 6) is 0.322. The van der Waals surface area contributed by atoms with Crippen molar-refractivity contribution in [2.24, 2.45) is 0 Å². The lowest BCUT2D eigenvalue weighted by atomic mass is 10.1. The van der Waals surface area contributed by atoms with Crippen LogP contribution in [0.1, 0.15) is 20.8 Å². The Morgan fingerprint density at radius 3 is 2.23 bits per heavy atom. The van der Waals surface area contributed by atoms with E-state index in [1.54, 1.807) is 12.1 Å². The third-order valence-corrected chi connectivity index (χ3v) is 6.09. The zero-order chi connectivity index (χ0) is 16.5. The van der Waals surface area contributed by atoms with Crippen molar-refractivity contribution in [3.63, 3.8) is 0 Å². The third kappa shape index (κ3) is 3.56. The van der Waals surface area contributed by atoms with Crippen LogP contribution in [0, 0.1) is 0 Å². The highest BCUT2D eigenvalue weighted by atomic mass is 35.5. The van der Waals surface area contributed by atoms with Gasteiger partial charge in [0.1, 0.15) is 10.6 Å². The molecule has 0 unspecified atom stereocenters. The third-order valence-electron chi connectivity index (χ3n) is 3.93. The van der Waals surface area contributed by atoms with E-state index in [0.29, 0.717) is 37.0 Å². The van der Waals surface area contributed by atoms with Crippen LogP contribution < -0.4 is 4.74 Å². The van der Waals surface area contributed by atoms with Gasteiger partial charge in [0, 0.05) is 36.7 Å². The molecule has 1 saturated heterocycles. The molecule has 0 atom stereocenters. The molecule has 0 radical (unpaired) electrons. The van der Waals surface area contributed by atoms with Gasteiger partial charge >= 0.3 is 0 Å². The first-order valence-corrected chi connectivity index (χ1v) is 9.07. The molecule has 1 aromatic carbocycles. The van der Waals surface area contributed by atoms with Gasteiger partial charge in [-0.3, -0.25) is 4.90 Å². The number of methoxy groups -OCH3 is 1. The average molecular weight is 347 g/mol. The molecule has 1 fully saturated rings. The Balaban J connectivity index is 2.24. The molecule has 0 N–H and O–H groups in total. The van der Waals surface area contributed by atoms with Crippen molar-refractivity contribution < 1.29 is 13.2 Å². The van der Waals surface area contributed by atoms with Crippen LogP contribution >= 0.6 is 11.6 Å². The first-order chi connectivity index (χ1) is 10.2. The fourth-order valence-corrected chi connectivity index (χ4v) is 4.43. The van der Waals surface area contributed by atoms with Crippen LogP contribution in [0.15, 0.2) is 23.1 Å². The summed E-state index contributed by atoms with van der Waals surface area (Å²) < 4.78 is 32.4. The van der Waals surface area contributed by atoms with Gasteiger partial charge < -0.3 is 4.74 Å². The van der Waals surface area contributed by atoms with Crippen LogP contribution in [-0.4, -0.2) is 56.5 Å². The lowest BCUT2D eigenvalue weighted by Gasteiger charge is -2.41. The van der Waals surface area contributed by atoms with E-state index in [9.17, 15) is 8.42 Å². The standard InChI is InChI=1S/C15H23ClN2O3S/c1-15(2,3)17-7-9-18(10-8-17)22(19,20)14-11-12(16)5-6-13(14)21-4/h5-6,11H,7-10H2,1-4H3. The average Bonchev–Trinajstić information content (AvgIpc) is 2.46. The zero-order valence-electron chi connectivity index (χ0n) is 13.5. The first-order valence-electron chi connectivity index (χ1n) is 7.25. The molecule has 2 rings (SSSR count). The lowest BCUT2D eigenvalue weighted by Crippen LogP contribution is -2.54. The smallest absolute Gasteiger partial charge is 0.246 e. The van der Waals surface area contributed by atoms with E-state index in [-0.39, 0.29) is 10.4 Å². The van der Waals surface area contributed by atoms with Gasteiger partial charge in [-0.2, -0.15) is 4.31 Å². The minimum Gasteiger partial charge on any atom is -0.495 e. The predicted molar refractivity (Wildman–Crippen MR) is 88.1 cm³/mol. The molecule has 124 valence electrons. The van der Waals surface area contributed by atoms with Crippen LogP contribution in [0.4, 0.5) is 0 Å². The van der Waals surface area contributed by atoms with Gasteiger partial charge in [-0.15, -0.1) is 0 Å². The number of halogens is 1. The molecule has 1 aromatic rings. The maximum Gasteiger partial charge on any atom is 0.246 e. The molecule has 1 aliphatic rings. The van der Waals surface area contributed by atoms with E-state index in [4.69, 9.17) is 16.3 Å². The predicted octanol–water partition coefficient (Wildman–Crippen LogP) is 2.45. The number of hydrogen-bond acceptors (Lipinski definition) is 4. The van der Waals surface area contributed by atoms with Gasteiger partial charge in [-0.25, -0.2) is 8.42 Å². The van der Waals surface area contributed by atoms with Crippen molar-refractivity contribution >= 4 is 21.6 Å². The molecule has 0 saturated carbocycles. The van der Waals surface area contributed by atoms with Crippen LogP contribution in [-0.2, 0) is 10.0 Å². The van der Waals surface area contributed by atoms with Crippen molar-refractivity contribution in [1.82, 2.24) is 9.21 Å². The van der Waals surface area contributed by atoms with Gasteiger partial charge in [0.15, 0.2) is 0 Å². The number of ether oxygens (including phenoxy) is 1. The summed E-state index contributed by atoms with van der Waals surface area (Å²) in [6.07, 6.45) is 0. The second kappa shape index (κ2) is 6.35. The van der Waals surface area contributed by atoms with Crippen molar-refractivity contribution in [2.75, 3.05) is 33.3 Å². The number of hydrogen-bond donors (Lipinski definition) is 0. The Hall–Kier alpha value is -0.820. The second-order valence-corrected chi connectivity index (χ2v) is 8.70. The highest BCUT2D eigenvalue weighted by molar-refractivity contribution is 7.89. The quantitative estimate of drug-likeness (QED) is 0.843. The van der Waals surface area contributed by atoms with Gasteiger partial charge in [0.2, 0.25) is 10.0 Å². The van der Waals surface area contributed by atoms with Gasteiger partial charge in [0.25, 0.3) is 0 Å². The number of rotatable bonds is 3. The van der Waals surface area contributed by atoms with E-state index >= 15 is 0 Å². The molecule has 0 bridgehead atoms. The molecule has 0 amide bonds. The van der Waals surface area contributed by atoms with Crippen molar-refractivity contribution in [3.8, 4) is 5.75 Å². The van der Waals surface area contributed by atoms with Crippen molar-refractivity contribution in [2.45, 2.75) is 31.2 Å². The maximum absolute atomic E-state index is 12.8. The fraction of sp³-hybridized carbons (Fsp3) is 0.600. The van der Waals surface area contributed by atoms with E-state index in [0.717, 1.165) is 0 Å². The number of piperazine rings is 1. The van der Waals surface area contributed by atoms with Crippen LogP contribution in [0.3, 0.4) is 0 Å². The van der Waals surface area contributed by atoms with Gasteiger partial charge in [0.05, 0.1) is 7.11 Å². The lowest BCUT2D eigenvalue weighted by molar-refractivity contribution is 0.0921. The minimum atomic E-state index is -3.60. The van der Waals surface area contributed by atoms with Crippen molar-refractivity contribution in [3.05, 3.63) is 23.2 Å². The summed E-state index contributed by atoms with van der Waals surface area (Å²) >= 11 is 5.96. The molecule has 5 nitrogen and oxygen atoms in total. The summed E-state index contributed by atoms with van der Waals surface area (Å²) in [5.41, 5.74) is 0.0452. The van der Waals surface area contributed by atoms with E-state index in [1.165, 1.54) is 17.5 Å².